The second-order valence-electron chi connectivity index (χ2n) is 5.35. The van der Waals surface area contributed by atoms with Crippen LogP contribution in [0.3, 0.4) is 0 Å². The lowest BCUT2D eigenvalue weighted by Gasteiger charge is -2.26. The Labute approximate surface area is 138 Å². The summed E-state index contributed by atoms with van der Waals surface area (Å²) in [6, 6.07) is 8.71. The fourth-order valence-electron chi connectivity index (χ4n) is 2.41. The summed E-state index contributed by atoms with van der Waals surface area (Å²) < 4.78 is 1.69. The Hall–Kier alpha value is -3.16. The van der Waals surface area contributed by atoms with E-state index in [-0.39, 0.29) is 30.8 Å². The summed E-state index contributed by atoms with van der Waals surface area (Å²) >= 11 is 0. The number of piperazine rings is 1. The maximum absolute atomic E-state index is 12.1. The summed E-state index contributed by atoms with van der Waals surface area (Å²) in [7, 11) is 0. The lowest BCUT2D eigenvalue weighted by atomic mass is 10.2. The molecule has 1 aliphatic rings. The van der Waals surface area contributed by atoms with E-state index < -0.39 is 0 Å². The number of nitrogens with zero attached hydrogens (tertiary/aromatic N) is 3. The summed E-state index contributed by atoms with van der Waals surface area (Å²) in [5.74, 6) is -0.793. The molecule has 8 nitrogen and oxygen atoms in total. The fraction of sp³-hybridized carbons (Fsp3) is 0.250. The molecule has 0 radical (unpaired) electrons. The van der Waals surface area contributed by atoms with Crippen LogP contribution in [0.2, 0.25) is 0 Å². The van der Waals surface area contributed by atoms with Crippen LogP contribution in [0.25, 0.3) is 5.69 Å². The quantitative estimate of drug-likeness (QED) is 0.796. The van der Waals surface area contributed by atoms with Gasteiger partial charge in [-0.15, -0.1) is 0 Å². The fourth-order valence-corrected chi connectivity index (χ4v) is 2.41. The molecule has 8 heteroatoms. The van der Waals surface area contributed by atoms with Gasteiger partial charge in [0.15, 0.2) is 0 Å². The number of amides is 3. The zero-order valence-corrected chi connectivity index (χ0v) is 12.9. The molecule has 1 saturated heterocycles. The van der Waals surface area contributed by atoms with Gasteiger partial charge in [-0.2, -0.15) is 5.10 Å². The second kappa shape index (κ2) is 6.95. The Balaban J connectivity index is 1.55. The molecule has 24 heavy (non-hydrogen) atoms. The van der Waals surface area contributed by atoms with Gasteiger partial charge in [0.05, 0.1) is 18.8 Å². The van der Waals surface area contributed by atoms with Crippen LogP contribution in [0.4, 0.5) is 0 Å². The molecule has 3 amide bonds. The van der Waals surface area contributed by atoms with Crippen LogP contribution in [0, 0.1) is 0 Å². The molecule has 2 N–H and O–H groups in total. The van der Waals surface area contributed by atoms with Crippen molar-refractivity contribution in [3.05, 3.63) is 48.3 Å². The Kier molecular flexibility index (Phi) is 4.55. The van der Waals surface area contributed by atoms with Gasteiger partial charge >= 0.3 is 0 Å². The van der Waals surface area contributed by atoms with Crippen LogP contribution in [0.1, 0.15) is 10.4 Å². The maximum atomic E-state index is 12.1. The standard InChI is InChI=1S/C16H17N5O3/c22-14-11-20(9-7-17-14)15(23)10-18-16(24)12-2-4-13(5-3-12)21-8-1-6-19-21/h1-6,8H,7,9-11H2,(H,17,22)(H,18,24). The van der Waals surface area contributed by atoms with Crippen molar-refractivity contribution in [3.63, 3.8) is 0 Å². The molecule has 0 unspecified atom stereocenters. The zero-order valence-electron chi connectivity index (χ0n) is 12.9. The van der Waals surface area contributed by atoms with E-state index in [0.29, 0.717) is 18.7 Å². The summed E-state index contributed by atoms with van der Waals surface area (Å²) in [6.07, 6.45) is 3.48. The van der Waals surface area contributed by atoms with E-state index in [9.17, 15) is 14.4 Å². The highest BCUT2D eigenvalue weighted by Crippen LogP contribution is 2.08. The second-order valence-corrected chi connectivity index (χ2v) is 5.35. The first-order valence-electron chi connectivity index (χ1n) is 7.56. The largest absolute Gasteiger partial charge is 0.353 e. The average molecular weight is 327 g/mol. The van der Waals surface area contributed by atoms with E-state index in [4.69, 9.17) is 0 Å². The molecule has 0 atom stereocenters. The van der Waals surface area contributed by atoms with Crippen molar-refractivity contribution >= 4 is 17.7 Å². The normalized spacial score (nSPS) is 14.2. The van der Waals surface area contributed by atoms with Crippen molar-refractivity contribution < 1.29 is 14.4 Å². The minimum atomic E-state index is -0.336. The lowest BCUT2D eigenvalue weighted by Crippen LogP contribution is -2.52. The average Bonchev–Trinajstić information content (AvgIpc) is 3.14. The molecule has 0 spiro atoms. The Morgan fingerprint density at radius 3 is 2.71 bits per heavy atom. The van der Waals surface area contributed by atoms with Gasteiger partial charge in [0.2, 0.25) is 11.8 Å². The molecule has 0 aliphatic carbocycles. The molecular weight excluding hydrogens is 310 g/mol. The third-order valence-corrected chi connectivity index (χ3v) is 3.69. The smallest absolute Gasteiger partial charge is 0.251 e. The van der Waals surface area contributed by atoms with Gasteiger partial charge in [-0.3, -0.25) is 14.4 Å². The summed E-state index contributed by atoms with van der Waals surface area (Å²) in [4.78, 5) is 36.8. The van der Waals surface area contributed by atoms with Crippen LogP contribution >= 0.6 is 0 Å². The molecule has 2 aromatic rings. The molecule has 124 valence electrons. The Morgan fingerprint density at radius 2 is 2.04 bits per heavy atom. The number of carbonyl (C=O) groups excluding carboxylic acids is 3. The van der Waals surface area contributed by atoms with E-state index in [1.807, 2.05) is 12.3 Å². The van der Waals surface area contributed by atoms with Gasteiger partial charge in [-0.1, -0.05) is 0 Å². The van der Waals surface area contributed by atoms with Crippen molar-refractivity contribution in [1.29, 1.82) is 0 Å². The Bertz CT molecular complexity index is 740. The molecule has 1 aliphatic heterocycles. The zero-order chi connectivity index (χ0) is 16.9. The number of aromatic nitrogens is 2. The number of rotatable bonds is 4. The van der Waals surface area contributed by atoms with E-state index in [2.05, 4.69) is 15.7 Å². The first kappa shape index (κ1) is 15.7. The third kappa shape index (κ3) is 3.60. The first-order valence-corrected chi connectivity index (χ1v) is 7.56. The molecule has 1 fully saturated rings. The third-order valence-electron chi connectivity index (χ3n) is 3.69. The molecule has 0 bridgehead atoms. The number of benzene rings is 1. The number of carbonyl (C=O) groups is 3. The minimum absolute atomic E-state index is 0.0350. The Morgan fingerprint density at radius 1 is 1.25 bits per heavy atom. The summed E-state index contributed by atoms with van der Waals surface area (Å²) in [5, 5.41) is 9.34. The number of hydrogen-bond acceptors (Lipinski definition) is 4. The molecule has 1 aromatic carbocycles. The highest BCUT2D eigenvalue weighted by atomic mass is 16.2. The van der Waals surface area contributed by atoms with Crippen LogP contribution in [0.15, 0.2) is 42.7 Å². The number of nitrogens with one attached hydrogen (secondary N) is 2. The predicted octanol–water partition coefficient (Wildman–Crippen LogP) is -0.439. The SMILES string of the molecule is O=C1CN(C(=O)CNC(=O)c2ccc(-n3cccn3)cc2)CCN1. The van der Waals surface area contributed by atoms with Gasteiger partial charge in [0.1, 0.15) is 0 Å². The predicted molar refractivity (Wildman–Crippen MR) is 85.5 cm³/mol. The summed E-state index contributed by atoms with van der Waals surface area (Å²) in [6.45, 7) is 0.798. The van der Waals surface area contributed by atoms with Crippen LogP contribution in [0.5, 0.6) is 0 Å². The first-order chi connectivity index (χ1) is 11.6. The van der Waals surface area contributed by atoms with E-state index in [0.717, 1.165) is 5.69 Å². The van der Waals surface area contributed by atoms with Crippen molar-refractivity contribution in [2.24, 2.45) is 0 Å². The van der Waals surface area contributed by atoms with Crippen molar-refractivity contribution in [3.8, 4) is 5.69 Å². The van der Waals surface area contributed by atoms with E-state index in [1.165, 1.54) is 4.90 Å². The highest BCUT2D eigenvalue weighted by molar-refractivity contribution is 5.97. The molecule has 3 rings (SSSR count). The monoisotopic (exact) mass is 327 g/mol. The maximum Gasteiger partial charge on any atom is 0.251 e. The van der Waals surface area contributed by atoms with Gasteiger partial charge in [0.25, 0.3) is 5.91 Å². The molecule has 2 heterocycles. The molecule has 0 saturated carbocycles. The van der Waals surface area contributed by atoms with Gasteiger partial charge < -0.3 is 15.5 Å². The van der Waals surface area contributed by atoms with Gasteiger partial charge in [-0.25, -0.2) is 4.68 Å². The van der Waals surface area contributed by atoms with Crippen molar-refractivity contribution in [2.45, 2.75) is 0 Å². The van der Waals surface area contributed by atoms with Crippen LogP contribution in [-0.4, -0.2) is 58.6 Å². The lowest BCUT2D eigenvalue weighted by molar-refractivity contribution is -0.137. The summed E-state index contributed by atoms with van der Waals surface area (Å²) in [5.41, 5.74) is 1.29. The minimum Gasteiger partial charge on any atom is -0.353 e. The molecular formula is C16H17N5O3. The van der Waals surface area contributed by atoms with Crippen molar-refractivity contribution in [2.75, 3.05) is 26.2 Å². The van der Waals surface area contributed by atoms with Gasteiger partial charge in [-0.05, 0) is 30.3 Å². The van der Waals surface area contributed by atoms with Crippen molar-refractivity contribution in [1.82, 2.24) is 25.3 Å². The highest BCUT2D eigenvalue weighted by Gasteiger charge is 2.21. The van der Waals surface area contributed by atoms with Crippen LogP contribution < -0.4 is 10.6 Å². The van der Waals surface area contributed by atoms with E-state index >= 15 is 0 Å². The topological polar surface area (TPSA) is 96.3 Å². The molecule has 1 aromatic heterocycles. The van der Waals surface area contributed by atoms with Gasteiger partial charge in [0, 0.05) is 31.0 Å². The van der Waals surface area contributed by atoms with E-state index in [1.54, 1.807) is 35.1 Å². The number of hydrogen-bond donors (Lipinski definition) is 2. The van der Waals surface area contributed by atoms with Crippen LogP contribution in [-0.2, 0) is 9.59 Å².